The van der Waals surface area contributed by atoms with Crippen LogP contribution in [0.4, 0.5) is 0 Å². The van der Waals surface area contributed by atoms with Gasteiger partial charge in [-0.15, -0.1) is 0 Å². The number of rotatable bonds is 6. The van der Waals surface area contributed by atoms with Gasteiger partial charge in [-0.3, -0.25) is 4.79 Å². The Balaban J connectivity index is 2.01. The summed E-state index contributed by atoms with van der Waals surface area (Å²) in [6.45, 7) is 7.91. The Kier molecular flexibility index (Phi) is 6.34. The number of aryl methyl sites for hydroxylation is 2. The Hall–Kier alpha value is -2.62. The fourth-order valence-electron chi connectivity index (χ4n) is 2.44. The average molecular weight is 339 g/mol. The first kappa shape index (κ1) is 18.7. The molecule has 25 heavy (non-hydrogen) atoms. The minimum absolute atomic E-state index is 0.0706. The standard InChI is InChI=1S/C21H25NO3/c1-14(2)19(22-20(23)17-11-9-15(3)10-12-17)21(24)25-13-18-8-6-5-7-16(18)4/h5-12,14,19H,13H2,1-4H3,(H,22,23)/t19-/m0/s1. The topological polar surface area (TPSA) is 55.4 Å². The van der Waals surface area contributed by atoms with Gasteiger partial charge in [0.15, 0.2) is 0 Å². The van der Waals surface area contributed by atoms with Crippen molar-refractivity contribution in [1.82, 2.24) is 5.32 Å². The number of nitrogens with one attached hydrogen (secondary N) is 1. The van der Waals surface area contributed by atoms with E-state index in [4.69, 9.17) is 4.74 Å². The summed E-state index contributed by atoms with van der Waals surface area (Å²) in [5, 5.41) is 2.79. The van der Waals surface area contributed by atoms with Crippen LogP contribution in [0, 0.1) is 19.8 Å². The predicted molar refractivity (Wildman–Crippen MR) is 98.2 cm³/mol. The first-order chi connectivity index (χ1) is 11.9. The van der Waals surface area contributed by atoms with Crippen LogP contribution in [0.3, 0.4) is 0 Å². The molecular weight excluding hydrogens is 314 g/mol. The Morgan fingerprint density at radius 2 is 1.64 bits per heavy atom. The molecule has 1 atom stereocenters. The Bertz CT molecular complexity index is 735. The van der Waals surface area contributed by atoms with Crippen LogP contribution in [0.25, 0.3) is 0 Å². The van der Waals surface area contributed by atoms with Gasteiger partial charge >= 0.3 is 5.97 Å². The van der Waals surface area contributed by atoms with Crippen LogP contribution in [0.2, 0.25) is 0 Å². The molecule has 0 heterocycles. The summed E-state index contributed by atoms with van der Waals surface area (Å²) in [6.07, 6.45) is 0. The third-order valence-electron chi connectivity index (χ3n) is 4.15. The first-order valence-corrected chi connectivity index (χ1v) is 8.47. The van der Waals surface area contributed by atoms with E-state index in [-0.39, 0.29) is 18.4 Å². The second kappa shape index (κ2) is 8.47. The number of esters is 1. The second-order valence-electron chi connectivity index (χ2n) is 6.60. The van der Waals surface area contributed by atoms with E-state index in [0.717, 1.165) is 16.7 Å². The van der Waals surface area contributed by atoms with Crippen LogP contribution in [0.15, 0.2) is 48.5 Å². The zero-order valence-corrected chi connectivity index (χ0v) is 15.2. The van der Waals surface area contributed by atoms with E-state index in [0.29, 0.717) is 5.56 Å². The van der Waals surface area contributed by atoms with E-state index < -0.39 is 12.0 Å². The average Bonchev–Trinajstić information content (AvgIpc) is 2.58. The third kappa shape index (κ3) is 5.18. The Labute approximate surface area is 149 Å². The lowest BCUT2D eigenvalue weighted by Gasteiger charge is -2.21. The fourth-order valence-corrected chi connectivity index (χ4v) is 2.44. The number of carbonyl (C=O) groups is 2. The summed E-state index contributed by atoms with van der Waals surface area (Å²) < 4.78 is 5.43. The molecule has 0 aliphatic carbocycles. The SMILES string of the molecule is Cc1ccc(C(=O)N[C@H](C(=O)OCc2ccccc2C)C(C)C)cc1. The fraction of sp³-hybridized carbons (Fsp3) is 0.333. The number of hydrogen-bond acceptors (Lipinski definition) is 3. The normalized spacial score (nSPS) is 11.9. The van der Waals surface area contributed by atoms with Crippen LogP contribution < -0.4 is 5.32 Å². The van der Waals surface area contributed by atoms with Crippen molar-refractivity contribution in [2.75, 3.05) is 0 Å². The van der Waals surface area contributed by atoms with Gasteiger partial charge in [-0.1, -0.05) is 55.8 Å². The Morgan fingerprint density at radius 3 is 2.24 bits per heavy atom. The quantitative estimate of drug-likeness (QED) is 0.815. The van der Waals surface area contributed by atoms with Crippen molar-refractivity contribution in [1.29, 1.82) is 0 Å². The molecule has 4 heteroatoms. The molecule has 0 radical (unpaired) electrons. The van der Waals surface area contributed by atoms with Crippen molar-refractivity contribution in [2.45, 2.75) is 40.3 Å². The van der Waals surface area contributed by atoms with E-state index in [1.165, 1.54) is 0 Å². The molecule has 0 saturated heterocycles. The van der Waals surface area contributed by atoms with Gasteiger partial charge in [0.05, 0.1) is 0 Å². The van der Waals surface area contributed by atoms with Gasteiger partial charge < -0.3 is 10.1 Å². The maximum absolute atomic E-state index is 12.5. The van der Waals surface area contributed by atoms with Crippen molar-refractivity contribution in [3.63, 3.8) is 0 Å². The molecule has 0 fully saturated rings. The number of amides is 1. The van der Waals surface area contributed by atoms with Gasteiger partial charge in [0.1, 0.15) is 12.6 Å². The highest BCUT2D eigenvalue weighted by atomic mass is 16.5. The predicted octanol–water partition coefficient (Wildman–Crippen LogP) is 3.80. The molecule has 0 saturated carbocycles. The molecule has 0 spiro atoms. The molecule has 0 bridgehead atoms. The molecule has 4 nitrogen and oxygen atoms in total. The van der Waals surface area contributed by atoms with Crippen LogP contribution >= 0.6 is 0 Å². The van der Waals surface area contributed by atoms with Gasteiger partial charge in [0.25, 0.3) is 5.91 Å². The van der Waals surface area contributed by atoms with E-state index in [2.05, 4.69) is 5.32 Å². The minimum atomic E-state index is -0.683. The van der Waals surface area contributed by atoms with Crippen LogP contribution in [0.5, 0.6) is 0 Å². The highest BCUT2D eigenvalue weighted by molar-refractivity contribution is 5.96. The number of carbonyl (C=O) groups excluding carboxylic acids is 2. The van der Waals surface area contributed by atoms with Crippen molar-refractivity contribution >= 4 is 11.9 Å². The molecular formula is C21H25NO3. The summed E-state index contributed by atoms with van der Waals surface area (Å²) >= 11 is 0. The third-order valence-corrected chi connectivity index (χ3v) is 4.15. The largest absolute Gasteiger partial charge is 0.459 e. The van der Waals surface area contributed by atoms with Crippen molar-refractivity contribution in [3.05, 3.63) is 70.8 Å². The lowest BCUT2D eigenvalue weighted by Crippen LogP contribution is -2.45. The molecule has 2 aromatic rings. The van der Waals surface area contributed by atoms with Crippen LogP contribution in [-0.2, 0) is 16.1 Å². The second-order valence-corrected chi connectivity index (χ2v) is 6.60. The zero-order valence-electron chi connectivity index (χ0n) is 15.2. The molecule has 1 amide bonds. The number of hydrogen-bond donors (Lipinski definition) is 1. The summed E-state index contributed by atoms with van der Waals surface area (Å²) in [6, 6.07) is 14.3. The Morgan fingerprint density at radius 1 is 1.00 bits per heavy atom. The molecule has 2 aromatic carbocycles. The highest BCUT2D eigenvalue weighted by Crippen LogP contribution is 2.12. The summed E-state index contributed by atoms with van der Waals surface area (Å²) in [7, 11) is 0. The van der Waals surface area contributed by atoms with Crippen LogP contribution in [0.1, 0.15) is 40.9 Å². The zero-order chi connectivity index (χ0) is 18.4. The van der Waals surface area contributed by atoms with Crippen LogP contribution in [-0.4, -0.2) is 17.9 Å². The van der Waals surface area contributed by atoms with E-state index >= 15 is 0 Å². The smallest absolute Gasteiger partial charge is 0.329 e. The molecule has 2 rings (SSSR count). The molecule has 132 valence electrons. The lowest BCUT2D eigenvalue weighted by atomic mass is 10.0. The maximum Gasteiger partial charge on any atom is 0.329 e. The van der Waals surface area contributed by atoms with Gasteiger partial charge in [-0.05, 0) is 43.0 Å². The summed E-state index contributed by atoms with van der Waals surface area (Å²) in [4.78, 5) is 24.8. The minimum Gasteiger partial charge on any atom is -0.459 e. The molecule has 0 aliphatic heterocycles. The number of benzene rings is 2. The lowest BCUT2D eigenvalue weighted by molar-refractivity contribution is -0.148. The van der Waals surface area contributed by atoms with Gasteiger partial charge in [0, 0.05) is 5.56 Å². The highest BCUT2D eigenvalue weighted by Gasteiger charge is 2.26. The van der Waals surface area contributed by atoms with Crippen molar-refractivity contribution in [3.8, 4) is 0 Å². The number of ether oxygens (including phenoxy) is 1. The van der Waals surface area contributed by atoms with Crippen molar-refractivity contribution in [2.24, 2.45) is 5.92 Å². The molecule has 1 N–H and O–H groups in total. The monoisotopic (exact) mass is 339 g/mol. The summed E-state index contributed by atoms with van der Waals surface area (Å²) in [5.41, 5.74) is 3.64. The van der Waals surface area contributed by atoms with E-state index in [1.54, 1.807) is 12.1 Å². The van der Waals surface area contributed by atoms with Crippen molar-refractivity contribution < 1.29 is 14.3 Å². The first-order valence-electron chi connectivity index (χ1n) is 8.47. The molecule has 0 aliphatic rings. The molecule has 0 unspecified atom stereocenters. The summed E-state index contributed by atoms with van der Waals surface area (Å²) in [5.74, 6) is -0.760. The molecule has 0 aromatic heterocycles. The van der Waals surface area contributed by atoms with E-state index in [9.17, 15) is 9.59 Å². The maximum atomic E-state index is 12.5. The van der Waals surface area contributed by atoms with Gasteiger partial charge in [-0.2, -0.15) is 0 Å². The van der Waals surface area contributed by atoms with Gasteiger partial charge in [0.2, 0.25) is 0 Å². The van der Waals surface area contributed by atoms with Gasteiger partial charge in [-0.25, -0.2) is 4.79 Å². The van der Waals surface area contributed by atoms with E-state index in [1.807, 2.05) is 64.1 Å².